The maximum atomic E-state index is 13.2. The van der Waals surface area contributed by atoms with E-state index in [-0.39, 0.29) is 18.0 Å². The molecule has 3 rings (SSSR count). The maximum Gasteiger partial charge on any atom is 0.269 e. The highest BCUT2D eigenvalue weighted by atomic mass is 16.5. The topological polar surface area (TPSA) is 73.7 Å². The molecule has 0 unspecified atom stereocenters. The van der Waals surface area contributed by atoms with Crippen LogP contribution in [0.25, 0.3) is 11.0 Å². The van der Waals surface area contributed by atoms with Gasteiger partial charge in [0.25, 0.3) is 5.56 Å². The van der Waals surface area contributed by atoms with Gasteiger partial charge >= 0.3 is 0 Å². The lowest BCUT2D eigenvalue weighted by Gasteiger charge is -2.24. The lowest BCUT2D eigenvalue weighted by molar-refractivity contribution is -0.132. The summed E-state index contributed by atoms with van der Waals surface area (Å²) in [6, 6.07) is 13.1. The van der Waals surface area contributed by atoms with Crippen LogP contribution in [0.3, 0.4) is 0 Å². The van der Waals surface area contributed by atoms with Crippen molar-refractivity contribution < 1.29 is 14.3 Å². The molecule has 1 aromatic heterocycles. The van der Waals surface area contributed by atoms with E-state index in [4.69, 9.17) is 9.47 Å². The molecule has 32 heavy (non-hydrogen) atoms. The number of aromatic nitrogens is 2. The third-order valence-electron chi connectivity index (χ3n) is 5.04. The fourth-order valence-electron chi connectivity index (χ4n) is 3.55. The number of amides is 1. The van der Waals surface area contributed by atoms with Crippen molar-refractivity contribution >= 4 is 16.9 Å². The summed E-state index contributed by atoms with van der Waals surface area (Å²) in [7, 11) is 0. The molecule has 1 heterocycles. The van der Waals surface area contributed by atoms with E-state index >= 15 is 0 Å². The van der Waals surface area contributed by atoms with E-state index in [0.29, 0.717) is 48.8 Å². The molecular formula is C25H31N3O4. The molecule has 7 nitrogen and oxygen atoms in total. The van der Waals surface area contributed by atoms with Crippen LogP contribution in [0, 0.1) is 0 Å². The van der Waals surface area contributed by atoms with Gasteiger partial charge in [0, 0.05) is 13.1 Å². The normalized spacial score (nSPS) is 10.8. The van der Waals surface area contributed by atoms with Gasteiger partial charge < -0.3 is 14.4 Å². The Bertz CT molecular complexity index is 1110. The molecule has 2 aromatic carbocycles. The zero-order chi connectivity index (χ0) is 22.9. The van der Waals surface area contributed by atoms with Crippen molar-refractivity contribution in [1.82, 2.24) is 14.5 Å². The first-order valence-electron chi connectivity index (χ1n) is 11.2. The van der Waals surface area contributed by atoms with Crippen molar-refractivity contribution in [2.45, 2.75) is 46.7 Å². The van der Waals surface area contributed by atoms with E-state index in [1.54, 1.807) is 4.90 Å². The third kappa shape index (κ3) is 5.66. The number of hydrogen-bond acceptors (Lipinski definition) is 5. The second-order valence-electron chi connectivity index (χ2n) is 7.55. The van der Waals surface area contributed by atoms with E-state index in [2.05, 4.69) is 11.9 Å². The molecule has 0 aliphatic rings. The molecule has 0 aliphatic carbocycles. The predicted octanol–water partition coefficient (Wildman–Crippen LogP) is 4.02. The first kappa shape index (κ1) is 23.3. The van der Waals surface area contributed by atoms with Crippen molar-refractivity contribution in [3.8, 4) is 11.5 Å². The highest BCUT2D eigenvalue weighted by molar-refractivity contribution is 5.80. The molecule has 0 N–H and O–H groups in total. The minimum Gasteiger partial charge on any atom is -0.490 e. The molecule has 0 aliphatic heterocycles. The Morgan fingerprint density at radius 3 is 2.59 bits per heavy atom. The van der Waals surface area contributed by atoms with Gasteiger partial charge in [-0.1, -0.05) is 32.0 Å². The highest BCUT2D eigenvalue weighted by Gasteiger charge is 2.17. The second kappa shape index (κ2) is 11.3. The summed E-state index contributed by atoms with van der Waals surface area (Å²) in [5, 5.41) is 0. The quantitative estimate of drug-likeness (QED) is 0.453. The van der Waals surface area contributed by atoms with Crippen molar-refractivity contribution in [3.63, 3.8) is 0 Å². The van der Waals surface area contributed by atoms with Crippen molar-refractivity contribution in [1.29, 1.82) is 0 Å². The number of para-hydroxylation sites is 2. The number of rotatable bonds is 11. The summed E-state index contributed by atoms with van der Waals surface area (Å²) in [5.74, 6) is 1.27. The van der Waals surface area contributed by atoms with Gasteiger partial charge in [-0.15, -0.1) is 0 Å². The zero-order valence-electron chi connectivity index (χ0n) is 19.0. The molecule has 0 spiro atoms. The van der Waals surface area contributed by atoms with Crippen LogP contribution in [-0.4, -0.2) is 40.1 Å². The van der Waals surface area contributed by atoms with Crippen LogP contribution in [0.1, 0.15) is 39.2 Å². The van der Waals surface area contributed by atoms with Crippen LogP contribution in [-0.2, 0) is 17.9 Å². The minimum atomic E-state index is -0.287. The first-order valence-corrected chi connectivity index (χ1v) is 11.2. The number of benzene rings is 2. The lowest BCUT2D eigenvalue weighted by atomic mass is 10.1. The van der Waals surface area contributed by atoms with Gasteiger partial charge in [-0.05, 0) is 49.6 Å². The molecule has 3 aromatic rings. The van der Waals surface area contributed by atoms with E-state index in [9.17, 15) is 9.59 Å². The summed E-state index contributed by atoms with van der Waals surface area (Å²) < 4.78 is 13.0. The summed E-state index contributed by atoms with van der Waals surface area (Å²) in [5.41, 5.74) is 2.00. The van der Waals surface area contributed by atoms with Crippen LogP contribution in [0.5, 0.6) is 11.5 Å². The van der Waals surface area contributed by atoms with Gasteiger partial charge in [-0.2, -0.15) is 0 Å². The molecule has 0 atom stereocenters. The minimum absolute atomic E-state index is 0.0299. The Morgan fingerprint density at radius 2 is 1.84 bits per heavy atom. The van der Waals surface area contributed by atoms with Crippen molar-refractivity contribution in [2.75, 3.05) is 19.8 Å². The standard InChI is InChI=1S/C25H31N3O4/c1-4-13-27(17-19-11-12-22(32-14-5-2)23(15-19)31-6-3)25(30)18-28-21-10-8-7-9-20(21)26-16-24(28)29/h7-12,15-16H,4-6,13-14,17-18H2,1-3H3. The van der Waals surface area contributed by atoms with Crippen LogP contribution in [0.4, 0.5) is 0 Å². The molecule has 0 fully saturated rings. The summed E-state index contributed by atoms with van der Waals surface area (Å²) in [6.45, 7) is 8.16. The molecule has 0 saturated heterocycles. The smallest absolute Gasteiger partial charge is 0.269 e. The highest BCUT2D eigenvalue weighted by Crippen LogP contribution is 2.29. The number of hydrogen-bond donors (Lipinski definition) is 0. The van der Waals surface area contributed by atoms with Crippen LogP contribution in [0.2, 0.25) is 0 Å². The summed E-state index contributed by atoms with van der Waals surface area (Å²) in [6.07, 6.45) is 2.99. The van der Waals surface area contributed by atoms with Crippen LogP contribution < -0.4 is 15.0 Å². The molecule has 7 heteroatoms. The number of fused-ring (bicyclic) bond motifs is 1. The number of nitrogens with zero attached hydrogens (tertiary/aromatic N) is 3. The Balaban J connectivity index is 1.83. The Kier molecular flexibility index (Phi) is 8.25. The maximum absolute atomic E-state index is 13.2. The molecule has 0 bridgehead atoms. The Morgan fingerprint density at radius 1 is 1.03 bits per heavy atom. The summed E-state index contributed by atoms with van der Waals surface area (Å²) in [4.78, 5) is 31.6. The van der Waals surface area contributed by atoms with Gasteiger partial charge in [0.15, 0.2) is 11.5 Å². The van der Waals surface area contributed by atoms with Gasteiger partial charge in [0.2, 0.25) is 5.91 Å². The van der Waals surface area contributed by atoms with Gasteiger partial charge in [-0.25, -0.2) is 4.98 Å². The zero-order valence-corrected chi connectivity index (χ0v) is 19.0. The van der Waals surface area contributed by atoms with E-state index < -0.39 is 0 Å². The van der Waals surface area contributed by atoms with Crippen molar-refractivity contribution in [2.24, 2.45) is 0 Å². The Hall–Kier alpha value is -3.35. The second-order valence-corrected chi connectivity index (χ2v) is 7.55. The Labute approximate surface area is 188 Å². The largest absolute Gasteiger partial charge is 0.490 e. The SMILES string of the molecule is CCCOc1ccc(CN(CCC)C(=O)Cn2c(=O)cnc3ccccc32)cc1OCC. The lowest BCUT2D eigenvalue weighted by Crippen LogP contribution is -2.36. The molecule has 0 radical (unpaired) electrons. The van der Waals surface area contributed by atoms with Crippen molar-refractivity contribution in [3.05, 3.63) is 64.6 Å². The number of ether oxygens (including phenoxy) is 2. The van der Waals surface area contributed by atoms with Gasteiger partial charge in [0.1, 0.15) is 6.54 Å². The number of carbonyl (C=O) groups is 1. The molecule has 1 amide bonds. The first-order chi connectivity index (χ1) is 15.6. The number of carbonyl (C=O) groups excluding carboxylic acids is 1. The van der Waals surface area contributed by atoms with Gasteiger partial charge in [-0.3, -0.25) is 14.2 Å². The average molecular weight is 438 g/mol. The monoisotopic (exact) mass is 437 g/mol. The van der Waals surface area contributed by atoms with Crippen LogP contribution in [0.15, 0.2) is 53.5 Å². The fourth-order valence-corrected chi connectivity index (χ4v) is 3.55. The molecular weight excluding hydrogens is 406 g/mol. The van der Waals surface area contributed by atoms with E-state index in [1.807, 2.05) is 56.3 Å². The van der Waals surface area contributed by atoms with Gasteiger partial charge in [0.05, 0.1) is 30.4 Å². The third-order valence-corrected chi connectivity index (χ3v) is 5.04. The van der Waals surface area contributed by atoms with Crippen LogP contribution >= 0.6 is 0 Å². The summed E-state index contributed by atoms with van der Waals surface area (Å²) >= 11 is 0. The van der Waals surface area contributed by atoms with E-state index in [0.717, 1.165) is 18.4 Å². The molecule has 0 saturated carbocycles. The fraction of sp³-hybridized carbons (Fsp3) is 0.400. The van der Waals surface area contributed by atoms with E-state index in [1.165, 1.54) is 10.8 Å². The predicted molar refractivity (Wildman–Crippen MR) is 125 cm³/mol. The average Bonchev–Trinajstić information content (AvgIpc) is 2.80. The molecule has 170 valence electrons.